The lowest BCUT2D eigenvalue weighted by Gasteiger charge is -2.32. The van der Waals surface area contributed by atoms with Gasteiger partial charge >= 0.3 is 5.97 Å². The number of hydrogen-bond acceptors (Lipinski definition) is 6. The summed E-state index contributed by atoms with van der Waals surface area (Å²) in [5, 5.41) is 20.1. The van der Waals surface area contributed by atoms with Gasteiger partial charge < -0.3 is 24.4 Å². The zero-order chi connectivity index (χ0) is 30.1. The second kappa shape index (κ2) is 15.1. The average molecular weight is 578 g/mol. The predicted molar refractivity (Wildman–Crippen MR) is 166 cm³/mol. The van der Waals surface area contributed by atoms with Gasteiger partial charge in [0.05, 0.1) is 0 Å². The molecule has 0 bridgehead atoms. The quantitative estimate of drug-likeness (QED) is 0.186. The van der Waals surface area contributed by atoms with Crippen LogP contribution in [-0.4, -0.2) is 42.1 Å². The van der Waals surface area contributed by atoms with Crippen molar-refractivity contribution in [1.29, 1.82) is 0 Å². The Bertz CT molecular complexity index is 1170. The maximum absolute atomic E-state index is 11.4. The van der Waals surface area contributed by atoms with E-state index >= 15 is 0 Å². The number of carbonyl (C=O) groups excluding carboxylic acids is 1. The molecule has 42 heavy (non-hydrogen) atoms. The monoisotopic (exact) mass is 577 g/mol. The third-order valence-electron chi connectivity index (χ3n) is 9.01. The van der Waals surface area contributed by atoms with Gasteiger partial charge in [-0.3, -0.25) is 0 Å². The average Bonchev–Trinajstić information content (AvgIpc) is 3.02. The van der Waals surface area contributed by atoms with Gasteiger partial charge in [0.1, 0.15) is 43.5 Å². The van der Waals surface area contributed by atoms with Crippen LogP contribution in [0.2, 0.25) is 0 Å². The molecule has 1 unspecified atom stereocenters. The number of benzene rings is 2. The molecule has 2 fully saturated rings. The number of ether oxygens (including phenoxy) is 3. The van der Waals surface area contributed by atoms with Crippen molar-refractivity contribution in [3.8, 4) is 11.5 Å². The molecule has 2 aliphatic rings. The van der Waals surface area contributed by atoms with Crippen LogP contribution in [0.1, 0.15) is 119 Å². The molecule has 0 heterocycles. The highest BCUT2D eigenvalue weighted by molar-refractivity contribution is 5.81. The van der Waals surface area contributed by atoms with Crippen molar-refractivity contribution >= 4 is 5.97 Å². The lowest BCUT2D eigenvalue weighted by Crippen LogP contribution is -2.25. The number of carbonyl (C=O) groups is 1. The summed E-state index contributed by atoms with van der Waals surface area (Å²) < 4.78 is 17.2. The van der Waals surface area contributed by atoms with Crippen molar-refractivity contribution in [2.75, 3.05) is 19.8 Å². The van der Waals surface area contributed by atoms with Gasteiger partial charge in [0.25, 0.3) is 0 Å². The van der Waals surface area contributed by atoms with Crippen molar-refractivity contribution in [2.24, 2.45) is 0 Å². The van der Waals surface area contributed by atoms with E-state index in [-0.39, 0.29) is 31.3 Å². The Morgan fingerprint density at radius 2 is 1.38 bits per heavy atom. The van der Waals surface area contributed by atoms with Crippen molar-refractivity contribution in [3.63, 3.8) is 0 Å². The van der Waals surface area contributed by atoms with Crippen LogP contribution >= 0.6 is 0 Å². The molecule has 0 spiro atoms. The molecule has 0 aromatic heterocycles. The molecule has 6 heteroatoms. The molecule has 1 radical (unpaired) electrons. The second-order valence-electron chi connectivity index (χ2n) is 12.6. The molecule has 0 amide bonds. The van der Waals surface area contributed by atoms with Gasteiger partial charge in [-0.15, -0.1) is 0 Å². The molecule has 0 aliphatic heterocycles. The maximum atomic E-state index is 11.4. The van der Waals surface area contributed by atoms with Crippen LogP contribution in [0.3, 0.4) is 0 Å². The van der Waals surface area contributed by atoms with Crippen molar-refractivity contribution in [3.05, 3.63) is 77.4 Å². The van der Waals surface area contributed by atoms with Gasteiger partial charge in [-0.05, 0) is 78.8 Å². The third-order valence-corrected chi connectivity index (χ3v) is 9.01. The van der Waals surface area contributed by atoms with Crippen LogP contribution in [0.4, 0.5) is 0 Å². The number of rotatable bonds is 13. The third kappa shape index (κ3) is 8.38. The highest BCUT2D eigenvalue weighted by Crippen LogP contribution is 2.44. The van der Waals surface area contributed by atoms with E-state index in [4.69, 9.17) is 14.2 Å². The summed E-state index contributed by atoms with van der Waals surface area (Å²) in [6, 6.07) is 13.1. The maximum Gasteiger partial charge on any atom is 0.330 e. The Morgan fingerprint density at radius 1 is 0.881 bits per heavy atom. The van der Waals surface area contributed by atoms with E-state index in [1.165, 1.54) is 73.6 Å². The highest BCUT2D eigenvalue weighted by atomic mass is 16.5. The fourth-order valence-electron chi connectivity index (χ4n) is 6.42. The van der Waals surface area contributed by atoms with Gasteiger partial charge in [0, 0.05) is 11.5 Å². The summed E-state index contributed by atoms with van der Waals surface area (Å²) in [4.78, 5) is 11.4. The zero-order valence-electron chi connectivity index (χ0n) is 25.7. The van der Waals surface area contributed by atoms with E-state index in [1.54, 1.807) is 6.92 Å². The molecule has 1 atom stereocenters. The Balaban J connectivity index is 1.62. The normalized spacial score (nSPS) is 17.6. The van der Waals surface area contributed by atoms with Gasteiger partial charge in [-0.25, -0.2) is 4.79 Å². The number of esters is 1. The largest absolute Gasteiger partial charge is 0.490 e. The van der Waals surface area contributed by atoms with E-state index in [9.17, 15) is 15.0 Å². The van der Waals surface area contributed by atoms with Gasteiger partial charge in [0.15, 0.2) is 0 Å². The molecule has 0 saturated heterocycles. The Labute approximate surface area is 252 Å². The first-order valence-electron chi connectivity index (χ1n) is 15.7. The van der Waals surface area contributed by atoms with Gasteiger partial charge in [-0.2, -0.15) is 0 Å². The summed E-state index contributed by atoms with van der Waals surface area (Å²) in [6.45, 7) is 9.74. The SMILES string of the molecule is C=CC(=O)OCC(O)COc1ccc(C(C)(C)c2ccc(OC[C](C)O)c(C3CCCCC3)c2)cc1C1CCCCC1. The summed E-state index contributed by atoms with van der Waals surface area (Å²) in [5.41, 5.74) is 4.64. The summed E-state index contributed by atoms with van der Waals surface area (Å²) in [6.07, 6.45) is 12.4. The summed E-state index contributed by atoms with van der Waals surface area (Å²) in [7, 11) is 0. The lowest BCUT2D eigenvalue weighted by molar-refractivity contribution is -0.141. The van der Waals surface area contributed by atoms with Crippen LogP contribution in [0.15, 0.2) is 49.1 Å². The molecule has 2 N–H and O–H groups in total. The van der Waals surface area contributed by atoms with E-state index < -0.39 is 12.1 Å². The van der Waals surface area contributed by atoms with Gasteiger partial charge in [0.2, 0.25) is 0 Å². The first-order chi connectivity index (χ1) is 20.2. The lowest BCUT2D eigenvalue weighted by atomic mass is 9.74. The molecule has 2 saturated carbocycles. The van der Waals surface area contributed by atoms with Crippen LogP contribution < -0.4 is 9.47 Å². The van der Waals surface area contributed by atoms with Crippen LogP contribution in [-0.2, 0) is 14.9 Å². The fraction of sp³-hybridized carbons (Fsp3) is 0.556. The Hall–Kier alpha value is -2.83. The predicted octanol–water partition coefficient (Wildman–Crippen LogP) is 7.88. The molecule has 4 rings (SSSR count). The standard InChI is InChI=1S/C36H49O6/c1-5-35(39)42-24-30(38)23-41-34-19-17-29(21-32(34)27-14-10-7-11-15-27)36(3,4)28-16-18-33(40-22-25(2)37)31(20-28)26-12-8-6-9-13-26/h5,16-21,26-27,30,37-38H,1,6-15,22-24H2,2-4H3. The Kier molecular flexibility index (Phi) is 11.5. The van der Waals surface area contributed by atoms with Crippen LogP contribution in [0.5, 0.6) is 11.5 Å². The Morgan fingerprint density at radius 3 is 1.86 bits per heavy atom. The molecular formula is C36H49O6. The van der Waals surface area contributed by atoms with Crippen molar-refractivity contribution in [2.45, 2.75) is 108 Å². The summed E-state index contributed by atoms with van der Waals surface area (Å²) in [5.74, 6) is 1.98. The molecular weight excluding hydrogens is 528 g/mol. The first-order valence-corrected chi connectivity index (χ1v) is 15.7. The van der Waals surface area contributed by atoms with Crippen molar-refractivity contribution < 1.29 is 29.2 Å². The van der Waals surface area contributed by atoms with E-state index in [0.29, 0.717) is 11.8 Å². The summed E-state index contributed by atoms with van der Waals surface area (Å²) >= 11 is 0. The molecule has 2 aliphatic carbocycles. The smallest absolute Gasteiger partial charge is 0.330 e. The zero-order valence-corrected chi connectivity index (χ0v) is 25.7. The van der Waals surface area contributed by atoms with Crippen LogP contribution in [0.25, 0.3) is 0 Å². The topological polar surface area (TPSA) is 85.2 Å². The van der Waals surface area contributed by atoms with Crippen molar-refractivity contribution in [1.82, 2.24) is 0 Å². The molecule has 6 nitrogen and oxygen atoms in total. The van der Waals surface area contributed by atoms with E-state index in [0.717, 1.165) is 30.4 Å². The van der Waals surface area contributed by atoms with E-state index in [2.05, 4.69) is 50.8 Å². The molecule has 229 valence electrons. The van der Waals surface area contributed by atoms with Gasteiger partial charge in [-0.1, -0.05) is 83.2 Å². The number of aliphatic hydroxyl groups is 2. The minimum absolute atomic E-state index is 0.0455. The number of hydrogen-bond donors (Lipinski definition) is 2. The molecule has 2 aromatic carbocycles. The molecule has 2 aromatic rings. The fourth-order valence-corrected chi connectivity index (χ4v) is 6.42. The highest BCUT2D eigenvalue weighted by Gasteiger charge is 2.29. The minimum atomic E-state index is -0.921. The van der Waals surface area contributed by atoms with Crippen LogP contribution in [0, 0.1) is 6.10 Å². The van der Waals surface area contributed by atoms with E-state index in [1.807, 2.05) is 6.07 Å². The minimum Gasteiger partial charge on any atom is -0.490 e. The first kappa shape index (κ1) is 32.1. The second-order valence-corrected chi connectivity index (χ2v) is 12.6. The number of aliphatic hydroxyl groups excluding tert-OH is 2.